The molecule has 0 fully saturated rings. The molecule has 2 aromatic rings. The van der Waals surface area contributed by atoms with E-state index in [9.17, 15) is 9.59 Å². The second-order valence-electron chi connectivity index (χ2n) is 9.27. The molecule has 0 saturated heterocycles. The monoisotopic (exact) mass is 498 g/mol. The molecule has 0 unspecified atom stereocenters. The van der Waals surface area contributed by atoms with Crippen molar-refractivity contribution in [2.24, 2.45) is 17.1 Å². The number of nitrogens with zero attached hydrogens (tertiary/aromatic N) is 1. The van der Waals surface area contributed by atoms with Crippen LogP contribution in [-0.4, -0.2) is 23.7 Å². The highest BCUT2D eigenvalue weighted by molar-refractivity contribution is 5.99. The normalized spacial score (nSPS) is 10.8. The number of rotatable bonds is 7. The zero-order valence-electron chi connectivity index (χ0n) is 20.5. The minimum atomic E-state index is -0.678. The summed E-state index contributed by atoms with van der Waals surface area (Å²) in [6, 6.07) is 7.93. The molecule has 0 radical (unpaired) electrons. The van der Waals surface area contributed by atoms with Crippen LogP contribution in [0.1, 0.15) is 67.5 Å². The number of ether oxygens (including phenoxy) is 2. The zero-order chi connectivity index (χ0) is 23.3. The van der Waals surface area contributed by atoms with Gasteiger partial charge in [-0.1, -0.05) is 43.7 Å². The van der Waals surface area contributed by atoms with Crippen LogP contribution in [0.4, 0.5) is 0 Å². The van der Waals surface area contributed by atoms with Crippen molar-refractivity contribution in [3.8, 4) is 11.1 Å². The van der Waals surface area contributed by atoms with Gasteiger partial charge in [-0.3, -0.25) is 9.78 Å². The maximum absolute atomic E-state index is 13.1. The summed E-state index contributed by atoms with van der Waals surface area (Å²) in [7, 11) is 0. The molecule has 0 bridgehead atoms. The number of hydrogen-bond acceptors (Lipinski definition) is 6. The van der Waals surface area contributed by atoms with Gasteiger partial charge in [0.15, 0.2) is 0 Å². The van der Waals surface area contributed by atoms with Crippen LogP contribution >= 0.6 is 24.8 Å². The molecule has 0 spiro atoms. The highest BCUT2D eigenvalue weighted by Gasteiger charge is 2.26. The number of aryl methyl sites for hydroxylation is 2. The van der Waals surface area contributed by atoms with Crippen LogP contribution < -0.4 is 5.73 Å². The van der Waals surface area contributed by atoms with Crippen LogP contribution in [0.15, 0.2) is 24.3 Å². The number of carbonyl (C=O) groups is 2. The largest absolute Gasteiger partial charge is 0.427 e. The number of hydrogen-bond donors (Lipinski definition) is 1. The van der Waals surface area contributed by atoms with E-state index in [1.165, 1.54) is 0 Å². The van der Waals surface area contributed by atoms with Gasteiger partial charge < -0.3 is 15.2 Å². The first-order chi connectivity index (χ1) is 14.5. The van der Waals surface area contributed by atoms with E-state index in [0.29, 0.717) is 17.2 Å². The molecule has 1 aromatic heterocycles. The van der Waals surface area contributed by atoms with Crippen LogP contribution in [0, 0.1) is 25.2 Å². The maximum atomic E-state index is 13.1. The van der Waals surface area contributed by atoms with E-state index >= 15 is 0 Å². The van der Waals surface area contributed by atoms with Crippen molar-refractivity contribution in [3.63, 3.8) is 0 Å². The van der Waals surface area contributed by atoms with Crippen molar-refractivity contribution in [1.29, 1.82) is 0 Å². The molecule has 33 heavy (non-hydrogen) atoms. The summed E-state index contributed by atoms with van der Waals surface area (Å²) in [5.74, 6) is -0.644. The van der Waals surface area contributed by atoms with Gasteiger partial charge in [0.25, 0.3) is 0 Å². The fourth-order valence-electron chi connectivity index (χ4n) is 3.29. The van der Waals surface area contributed by atoms with Crippen LogP contribution in [-0.2, 0) is 27.2 Å². The third-order valence-corrected chi connectivity index (χ3v) is 4.91. The molecule has 8 heteroatoms. The summed E-state index contributed by atoms with van der Waals surface area (Å²) < 4.78 is 10.4. The summed E-state index contributed by atoms with van der Waals surface area (Å²) in [5, 5.41) is 0. The molecular weight excluding hydrogens is 463 g/mol. The van der Waals surface area contributed by atoms with Crippen molar-refractivity contribution in [1.82, 2.24) is 4.98 Å². The van der Waals surface area contributed by atoms with Gasteiger partial charge in [0.2, 0.25) is 6.79 Å². The molecule has 184 valence electrons. The van der Waals surface area contributed by atoms with Gasteiger partial charge in [-0.05, 0) is 58.1 Å². The van der Waals surface area contributed by atoms with Crippen LogP contribution in [0.3, 0.4) is 0 Å². The highest BCUT2D eigenvalue weighted by atomic mass is 35.5. The first kappa shape index (κ1) is 30.9. The van der Waals surface area contributed by atoms with E-state index < -0.39 is 24.1 Å². The lowest BCUT2D eigenvalue weighted by molar-refractivity contribution is -0.161. The molecule has 0 aliphatic carbocycles. The Hall–Kier alpha value is -2.15. The van der Waals surface area contributed by atoms with Crippen molar-refractivity contribution in [2.75, 3.05) is 6.79 Å². The topological polar surface area (TPSA) is 91.5 Å². The number of carbonyl (C=O) groups excluding carboxylic acids is 2. The third kappa shape index (κ3) is 7.98. The summed E-state index contributed by atoms with van der Waals surface area (Å²) in [6.45, 7) is 13.0. The predicted molar refractivity (Wildman–Crippen MR) is 136 cm³/mol. The molecule has 0 atom stereocenters. The Bertz CT molecular complexity index is 952. The van der Waals surface area contributed by atoms with Gasteiger partial charge in [0, 0.05) is 17.8 Å². The van der Waals surface area contributed by atoms with E-state index in [2.05, 4.69) is 13.8 Å². The van der Waals surface area contributed by atoms with Gasteiger partial charge in [-0.2, -0.15) is 0 Å². The number of aromatic nitrogens is 1. The van der Waals surface area contributed by atoms with Gasteiger partial charge in [0.05, 0.1) is 16.7 Å². The van der Waals surface area contributed by atoms with E-state index in [4.69, 9.17) is 20.2 Å². The highest BCUT2D eigenvalue weighted by Crippen LogP contribution is 2.33. The minimum absolute atomic E-state index is 0. The number of pyridine rings is 1. The average molecular weight is 499 g/mol. The summed E-state index contributed by atoms with van der Waals surface area (Å²) >= 11 is 0. The van der Waals surface area contributed by atoms with Crippen molar-refractivity contribution >= 4 is 36.8 Å². The molecule has 2 N–H and O–H groups in total. The molecule has 2 rings (SSSR count). The van der Waals surface area contributed by atoms with Crippen molar-refractivity contribution < 1.29 is 19.1 Å². The van der Waals surface area contributed by atoms with Crippen molar-refractivity contribution in [2.45, 2.75) is 61.4 Å². The fraction of sp³-hybridized carbons (Fsp3) is 0.480. The van der Waals surface area contributed by atoms with Crippen molar-refractivity contribution in [3.05, 3.63) is 52.3 Å². The van der Waals surface area contributed by atoms with Gasteiger partial charge in [-0.15, -0.1) is 24.8 Å². The summed E-state index contributed by atoms with van der Waals surface area (Å²) in [5.41, 5.74) is 10.8. The Kier molecular flexibility index (Phi) is 12.1. The van der Waals surface area contributed by atoms with E-state index in [-0.39, 0.29) is 31.4 Å². The molecule has 0 aliphatic rings. The SMILES string of the molecule is Cc1ccc(-c2c(CN)c(CC(C)C)nc(C)c2C(=O)OCOC(=O)C(C)(C)C)cc1.Cl.Cl. The number of benzene rings is 1. The summed E-state index contributed by atoms with van der Waals surface area (Å²) in [4.78, 5) is 29.7. The molecule has 1 heterocycles. The predicted octanol–water partition coefficient (Wildman–Crippen LogP) is 5.57. The van der Waals surface area contributed by atoms with Gasteiger partial charge in [-0.25, -0.2) is 4.79 Å². The van der Waals surface area contributed by atoms with E-state index in [1.54, 1.807) is 27.7 Å². The Labute approximate surface area is 209 Å². The van der Waals surface area contributed by atoms with Crippen LogP contribution in [0.5, 0.6) is 0 Å². The first-order valence-corrected chi connectivity index (χ1v) is 10.6. The Morgan fingerprint density at radius 2 is 1.61 bits per heavy atom. The first-order valence-electron chi connectivity index (χ1n) is 10.6. The minimum Gasteiger partial charge on any atom is -0.427 e. The second-order valence-corrected chi connectivity index (χ2v) is 9.27. The molecule has 0 amide bonds. The number of nitrogens with two attached hydrogens (primary N) is 1. The standard InChI is InChI=1S/C25H34N2O4.2ClH/c1-15(2)12-20-19(13-26)22(18-10-8-16(3)9-11-18)21(17(4)27-20)23(28)30-14-31-24(29)25(5,6)7;;/h8-11,15H,12-14,26H2,1-7H3;2*1H. The maximum Gasteiger partial charge on any atom is 0.343 e. The smallest absolute Gasteiger partial charge is 0.343 e. The molecule has 1 aromatic carbocycles. The molecule has 6 nitrogen and oxygen atoms in total. The lowest BCUT2D eigenvalue weighted by Crippen LogP contribution is -2.25. The van der Waals surface area contributed by atoms with Gasteiger partial charge in [0.1, 0.15) is 0 Å². The molecular formula is C25H36Cl2N2O4. The molecule has 0 aliphatic heterocycles. The van der Waals surface area contributed by atoms with Crippen LogP contribution in [0.2, 0.25) is 0 Å². The quantitative estimate of drug-likeness (QED) is 0.396. The fourth-order valence-corrected chi connectivity index (χ4v) is 3.29. The number of esters is 2. The van der Waals surface area contributed by atoms with Crippen LogP contribution in [0.25, 0.3) is 11.1 Å². The third-order valence-electron chi connectivity index (χ3n) is 4.91. The van der Waals surface area contributed by atoms with E-state index in [0.717, 1.165) is 34.4 Å². The average Bonchev–Trinajstić information content (AvgIpc) is 2.66. The Morgan fingerprint density at radius 3 is 2.09 bits per heavy atom. The molecule has 0 saturated carbocycles. The zero-order valence-corrected chi connectivity index (χ0v) is 22.1. The summed E-state index contributed by atoms with van der Waals surface area (Å²) in [6.07, 6.45) is 0.755. The lowest BCUT2D eigenvalue weighted by atomic mass is 9.90. The number of halogens is 2. The van der Waals surface area contributed by atoms with Gasteiger partial charge >= 0.3 is 11.9 Å². The second kappa shape index (κ2) is 12.9. The lowest BCUT2D eigenvalue weighted by Gasteiger charge is -2.21. The Balaban J connectivity index is 0.00000512. The Morgan fingerprint density at radius 1 is 1.03 bits per heavy atom. The van der Waals surface area contributed by atoms with E-state index in [1.807, 2.05) is 31.2 Å².